The first kappa shape index (κ1) is 16.9. The van der Waals surface area contributed by atoms with E-state index in [1.165, 1.54) is 6.33 Å². The Hall–Kier alpha value is -2.95. The highest BCUT2D eigenvalue weighted by Crippen LogP contribution is 2.32. The lowest BCUT2D eigenvalue weighted by atomic mass is 10.1. The van der Waals surface area contributed by atoms with Gasteiger partial charge in [-0.1, -0.05) is 18.2 Å². The van der Waals surface area contributed by atoms with Gasteiger partial charge in [-0.05, 0) is 6.07 Å². The molecule has 0 bridgehead atoms. The van der Waals surface area contributed by atoms with Crippen molar-refractivity contribution in [2.75, 3.05) is 6.54 Å². The number of para-hydroxylation sites is 1. The van der Waals surface area contributed by atoms with Gasteiger partial charge < -0.3 is 4.90 Å². The maximum atomic E-state index is 13.4. The van der Waals surface area contributed by atoms with Crippen molar-refractivity contribution in [2.24, 2.45) is 0 Å². The highest BCUT2D eigenvalue weighted by molar-refractivity contribution is 6.06. The Labute approximate surface area is 142 Å². The van der Waals surface area contributed by atoms with E-state index in [-0.39, 0.29) is 24.3 Å². The summed E-state index contributed by atoms with van der Waals surface area (Å²) in [5, 5.41) is 9.50. The monoisotopic (exact) mass is 344 g/mol. The predicted molar refractivity (Wildman–Crippen MR) is 83.8 cm³/mol. The number of amides is 1. The maximum Gasteiger partial charge on any atom is 0.268 e. The van der Waals surface area contributed by atoms with E-state index in [9.17, 15) is 18.4 Å². The minimum Gasteiger partial charge on any atom is -0.320 e. The molecule has 6 nitrogen and oxygen atoms in total. The van der Waals surface area contributed by atoms with E-state index in [1.807, 2.05) is 0 Å². The van der Waals surface area contributed by atoms with E-state index in [1.54, 1.807) is 30.3 Å². The summed E-state index contributed by atoms with van der Waals surface area (Å²) in [5.41, 5.74) is 0.804. The second-order valence-electron chi connectivity index (χ2n) is 5.89. The van der Waals surface area contributed by atoms with Gasteiger partial charge in [0.05, 0.1) is 18.1 Å². The number of benzene rings is 1. The van der Waals surface area contributed by atoms with Crippen molar-refractivity contribution in [2.45, 2.75) is 31.2 Å². The van der Waals surface area contributed by atoms with Gasteiger partial charge in [0.25, 0.3) is 5.92 Å². The molecule has 1 aliphatic rings. The first-order valence-corrected chi connectivity index (χ1v) is 7.71. The SMILES string of the molecule is N#C[C@@H]1CC(F)(F)CN1C(=O)CCC(=O)c1ncnc2ccccc12. The normalized spacial score (nSPS) is 18.9. The van der Waals surface area contributed by atoms with Crippen LogP contribution in [0.2, 0.25) is 0 Å². The van der Waals surface area contributed by atoms with E-state index in [0.717, 1.165) is 4.90 Å². The van der Waals surface area contributed by atoms with Crippen LogP contribution in [0.3, 0.4) is 0 Å². The van der Waals surface area contributed by atoms with Crippen LogP contribution in [0.5, 0.6) is 0 Å². The molecular weight excluding hydrogens is 330 g/mol. The third kappa shape index (κ3) is 3.45. The first-order valence-electron chi connectivity index (χ1n) is 7.71. The quantitative estimate of drug-likeness (QED) is 0.795. The summed E-state index contributed by atoms with van der Waals surface area (Å²) in [6, 6.07) is 7.53. The molecule has 128 valence electrons. The van der Waals surface area contributed by atoms with Crippen molar-refractivity contribution >= 4 is 22.6 Å². The molecule has 0 spiro atoms. The zero-order chi connectivity index (χ0) is 18.0. The number of carbonyl (C=O) groups excluding carboxylic acids is 2. The molecule has 2 heterocycles. The maximum absolute atomic E-state index is 13.4. The van der Waals surface area contributed by atoms with Crippen molar-refractivity contribution in [1.82, 2.24) is 14.9 Å². The summed E-state index contributed by atoms with van der Waals surface area (Å²) < 4.78 is 26.8. The van der Waals surface area contributed by atoms with Crippen LogP contribution in [0.1, 0.15) is 29.8 Å². The van der Waals surface area contributed by atoms with Crippen LogP contribution >= 0.6 is 0 Å². The van der Waals surface area contributed by atoms with E-state index < -0.39 is 30.8 Å². The Kier molecular flexibility index (Phi) is 4.40. The number of fused-ring (bicyclic) bond motifs is 1. The van der Waals surface area contributed by atoms with Crippen molar-refractivity contribution in [3.8, 4) is 6.07 Å². The molecule has 1 saturated heterocycles. The van der Waals surface area contributed by atoms with Crippen LogP contribution in [0.4, 0.5) is 8.78 Å². The molecule has 0 saturated carbocycles. The minimum atomic E-state index is -3.07. The van der Waals surface area contributed by atoms with Gasteiger partial charge in [0.2, 0.25) is 5.91 Å². The van der Waals surface area contributed by atoms with Crippen LogP contribution in [0, 0.1) is 11.3 Å². The average Bonchev–Trinajstić information content (AvgIpc) is 2.93. The smallest absolute Gasteiger partial charge is 0.268 e. The number of hydrogen-bond donors (Lipinski definition) is 0. The van der Waals surface area contributed by atoms with Gasteiger partial charge in [-0.2, -0.15) is 5.26 Å². The second kappa shape index (κ2) is 6.51. The van der Waals surface area contributed by atoms with Crippen molar-refractivity contribution in [1.29, 1.82) is 5.26 Å². The molecule has 0 aliphatic carbocycles. The summed E-state index contributed by atoms with van der Waals surface area (Å²) in [6.45, 7) is -0.783. The lowest BCUT2D eigenvalue weighted by Crippen LogP contribution is -2.36. The zero-order valence-corrected chi connectivity index (χ0v) is 13.2. The Morgan fingerprint density at radius 1 is 1.28 bits per heavy atom. The molecule has 0 N–H and O–H groups in total. The summed E-state index contributed by atoms with van der Waals surface area (Å²) in [7, 11) is 0. The molecule has 1 aliphatic heterocycles. The third-order valence-electron chi connectivity index (χ3n) is 4.11. The number of halogens is 2. The molecule has 1 aromatic carbocycles. The molecule has 25 heavy (non-hydrogen) atoms. The third-order valence-corrected chi connectivity index (χ3v) is 4.11. The van der Waals surface area contributed by atoms with E-state index >= 15 is 0 Å². The van der Waals surface area contributed by atoms with Crippen LogP contribution in [-0.4, -0.2) is 45.1 Å². The van der Waals surface area contributed by atoms with Crippen molar-refractivity contribution in [3.05, 3.63) is 36.3 Å². The van der Waals surface area contributed by atoms with Crippen molar-refractivity contribution < 1.29 is 18.4 Å². The second-order valence-corrected chi connectivity index (χ2v) is 5.89. The number of rotatable bonds is 4. The number of aromatic nitrogens is 2. The Morgan fingerprint density at radius 2 is 2.04 bits per heavy atom. The molecular formula is C17H14F2N4O2. The molecule has 1 atom stereocenters. The van der Waals surface area contributed by atoms with Gasteiger partial charge in [-0.25, -0.2) is 18.7 Å². The van der Waals surface area contributed by atoms with E-state index in [4.69, 9.17) is 5.26 Å². The molecule has 1 fully saturated rings. The molecule has 8 heteroatoms. The van der Waals surface area contributed by atoms with Gasteiger partial charge >= 0.3 is 0 Å². The number of likely N-dealkylation sites (tertiary alicyclic amines) is 1. The first-order chi connectivity index (χ1) is 11.9. The Balaban J connectivity index is 1.70. The fourth-order valence-corrected chi connectivity index (χ4v) is 2.90. The van der Waals surface area contributed by atoms with Gasteiger partial charge in [-0.3, -0.25) is 9.59 Å². The number of alkyl halides is 2. The number of carbonyl (C=O) groups is 2. The molecule has 0 unspecified atom stereocenters. The predicted octanol–water partition coefficient (Wildman–Crippen LogP) is 2.35. The van der Waals surface area contributed by atoms with E-state index in [0.29, 0.717) is 10.9 Å². The Morgan fingerprint density at radius 3 is 2.80 bits per heavy atom. The van der Waals surface area contributed by atoms with Gasteiger partial charge in [0.15, 0.2) is 5.78 Å². The lowest BCUT2D eigenvalue weighted by molar-refractivity contribution is -0.132. The fraction of sp³-hybridized carbons (Fsp3) is 0.353. The highest BCUT2D eigenvalue weighted by atomic mass is 19.3. The van der Waals surface area contributed by atoms with Crippen LogP contribution in [0.15, 0.2) is 30.6 Å². The summed E-state index contributed by atoms with van der Waals surface area (Å²) >= 11 is 0. The number of nitrogens with zero attached hydrogens (tertiary/aromatic N) is 4. The summed E-state index contributed by atoms with van der Waals surface area (Å²) in [5.74, 6) is -4.06. The molecule has 1 amide bonds. The number of nitriles is 1. The average molecular weight is 344 g/mol. The summed E-state index contributed by atoms with van der Waals surface area (Å²) in [6.07, 6.45) is 0.190. The zero-order valence-electron chi connectivity index (χ0n) is 13.2. The molecule has 1 aromatic heterocycles. The lowest BCUT2D eigenvalue weighted by Gasteiger charge is -2.18. The standard InChI is InChI=1S/C17H14F2N4O2/c18-17(19)7-11(8-20)23(9-17)15(25)6-5-14(24)16-12-3-1-2-4-13(12)21-10-22-16/h1-4,10-11H,5-7,9H2/t11-/m0/s1. The molecule has 0 radical (unpaired) electrons. The summed E-state index contributed by atoms with van der Waals surface area (Å²) in [4.78, 5) is 33.4. The van der Waals surface area contributed by atoms with Gasteiger partial charge in [0, 0.05) is 24.6 Å². The largest absolute Gasteiger partial charge is 0.320 e. The number of hydrogen-bond acceptors (Lipinski definition) is 5. The van der Waals surface area contributed by atoms with Crippen molar-refractivity contribution in [3.63, 3.8) is 0 Å². The topological polar surface area (TPSA) is 87.0 Å². The van der Waals surface area contributed by atoms with Gasteiger partial charge in [-0.15, -0.1) is 0 Å². The molecule has 2 aromatic rings. The highest BCUT2D eigenvalue weighted by Gasteiger charge is 2.47. The van der Waals surface area contributed by atoms with E-state index in [2.05, 4.69) is 9.97 Å². The van der Waals surface area contributed by atoms with Gasteiger partial charge in [0.1, 0.15) is 18.1 Å². The fourth-order valence-electron chi connectivity index (χ4n) is 2.90. The minimum absolute atomic E-state index is 0.167. The van der Waals surface area contributed by atoms with Crippen LogP contribution in [0.25, 0.3) is 10.9 Å². The van der Waals surface area contributed by atoms with Crippen LogP contribution in [-0.2, 0) is 4.79 Å². The molecule has 3 rings (SSSR count). The number of Topliss-reactive ketones (excluding diaryl/α,β-unsaturated/α-hetero) is 1. The number of ketones is 1. The Bertz CT molecular complexity index is 873. The van der Waals surface area contributed by atoms with Crippen LogP contribution < -0.4 is 0 Å².